The van der Waals surface area contributed by atoms with Gasteiger partial charge in [0.25, 0.3) is 0 Å². The Morgan fingerprint density at radius 3 is 2.43 bits per heavy atom. The molecule has 0 fully saturated rings. The van der Waals surface area contributed by atoms with Crippen molar-refractivity contribution in [1.82, 2.24) is 10.6 Å². The van der Waals surface area contributed by atoms with E-state index in [2.05, 4.69) is 15.6 Å². The zero-order chi connectivity index (χ0) is 15.9. The van der Waals surface area contributed by atoms with Gasteiger partial charge in [0, 0.05) is 25.7 Å². The second kappa shape index (κ2) is 9.54. The van der Waals surface area contributed by atoms with Crippen LogP contribution in [0.5, 0.6) is 0 Å². The lowest BCUT2D eigenvalue weighted by Gasteiger charge is -2.11. The van der Waals surface area contributed by atoms with Gasteiger partial charge in [-0.25, -0.2) is 4.39 Å². The zero-order valence-electron chi connectivity index (χ0n) is 13.6. The van der Waals surface area contributed by atoms with Gasteiger partial charge in [-0.3, -0.25) is 4.99 Å². The molecule has 126 valence electrons. The lowest BCUT2D eigenvalue weighted by Crippen LogP contribution is -2.37. The number of nitrogens with one attached hydrogen (secondary N) is 2. The van der Waals surface area contributed by atoms with E-state index < -0.39 is 0 Å². The molecule has 0 saturated carbocycles. The van der Waals surface area contributed by atoms with Crippen LogP contribution in [0.2, 0.25) is 0 Å². The van der Waals surface area contributed by atoms with Crippen LogP contribution in [0.3, 0.4) is 0 Å². The number of aryl methyl sites for hydroxylation is 2. The third-order valence-electron chi connectivity index (χ3n) is 3.43. The number of guanidine groups is 1. The van der Waals surface area contributed by atoms with Crippen molar-refractivity contribution >= 4 is 29.9 Å². The van der Waals surface area contributed by atoms with Gasteiger partial charge in [0.2, 0.25) is 0 Å². The van der Waals surface area contributed by atoms with Crippen molar-refractivity contribution in [3.8, 4) is 0 Å². The van der Waals surface area contributed by atoms with E-state index in [1.54, 1.807) is 19.2 Å². The predicted molar refractivity (Wildman–Crippen MR) is 102 cm³/mol. The number of hydrogen-bond donors (Lipinski definition) is 2. The maximum atomic E-state index is 12.8. The van der Waals surface area contributed by atoms with Crippen LogP contribution in [0.25, 0.3) is 0 Å². The summed E-state index contributed by atoms with van der Waals surface area (Å²) in [4.78, 5) is 4.19. The molecule has 0 radical (unpaired) electrons. The van der Waals surface area contributed by atoms with Gasteiger partial charge >= 0.3 is 0 Å². The number of nitrogens with zero attached hydrogens (tertiary/aromatic N) is 1. The summed E-state index contributed by atoms with van der Waals surface area (Å²) >= 11 is 0. The molecule has 0 bridgehead atoms. The molecule has 0 spiro atoms. The minimum Gasteiger partial charge on any atom is -0.466 e. The molecule has 0 aliphatic heterocycles. The Bertz CT molecular complexity index is 638. The van der Waals surface area contributed by atoms with Crippen LogP contribution < -0.4 is 10.6 Å². The quantitative estimate of drug-likeness (QED) is 0.433. The van der Waals surface area contributed by atoms with Crippen molar-refractivity contribution in [3.63, 3.8) is 0 Å². The summed E-state index contributed by atoms with van der Waals surface area (Å²) in [6, 6.07) is 8.57. The molecule has 1 aromatic heterocycles. The molecule has 0 unspecified atom stereocenters. The minimum absolute atomic E-state index is 0. The maximum Gasteiger partial charge on any atom is 0.191 e. The third-order valence-corrected chi connectivity index (χ3v) is 3.43. The van der Waals surface area contributed by atoms with E-state index in [0.717, 1.165) is 41.6 Å². The second-order valence-electron chi connectivity index (χ2n) is 5.17. The van der Waals surface area contributed by atoms with Crippen LogP contribution in [-0.4, -0.2) is 19.6 Å². The molecular formula is C17H23FIN3O. The molecular weight excluding hydrogens is 408 g/mol. The fourth-order valence-corrected chi connectivity index (χ4v) is 2.23. The van der Waals surface area contributed by atoms with E-state index in [0.29, 0.717) is 6.54 Å². The Hall–Kier alpha value is -1.57. The van der Waals surface area contributed by atoms with Gasteiger partial charge in [-0.2, -0.15) is 0 Å². The van der Waals surface area contributed by atoms with E-state index >= 15 is 0 Å². The zero-order valence-corrected chi connectivity index (χ0v) is 16.0. The lowest BCUT2D eigenvalue weighted by molar-refractivity contribution is 0.500. The molecule has 2 aromatic rings. The summed E-state index contributed by atoms with van der Waals surface area (Å²) in [5.74, 6) is 2.36. The molecule has 0 saturated heterocycles. The molecule has 0 atom stereocenters. The lowest BCUT2D eigenvalue weighted by atomic mass is 10.1. The average molecular weight is 431 g/mol. The van der Waals surface area contributed by atoms with Gasteiger partial charge in [0.1, 0.15) is 17.3 Å². The number of benzene rings is 1. The van der Waals surface area contributed by atoms with Gasteiger partial charge < -0.3 is 15.1 Å². The highest BCUT2D eigenvalue weighted by Crippen LogP contribution is 2.12. The Morgan fingerprint density at radius 1 is 1.17 bits per heavy atom. The summed E-state index contributed by atoms with van der Waals surface area (Å²) in [6.45, 7) is 5.29. The molecule has 0 aliphatic rings. The molecule has 2 N–H and O–H groups in total. The van der Waals surface area contributed by atoms with Crippen molar-refractivity contribution in [3.05, 3.63) is 58.8 Å². The number of hydrogen-bond acceptors (Lipinski definition) is 2. The fourth-order valence-electron chi connectivity index (χ4n) is 2.23. The van der Waals surface area contributed by atoms with Crippen molar-refractivity contribution in [1.29, 1.82) is 0 Å². The average Bonchev–Trinajstić information content (AvgIpc) is 2.82. The highest BCUT2D eigenvalue weighted by molar-refractivity contribution is 14.0. The molecule has 0 amide bonds. The number of rotatable bonds is 5. The normalized spacial score (nSPS) is 11.0. The first-order valence-corrected chi connectivity index (χ1v) is 7.33. The monoisotopic (exact) mass is 431 g/mol. The second-order valence-corrected chi connectivity index (χ2v) is 5.17. The first-order valence-electron chi connectivity index (χ1n) is 7.33. The van der Waals surface area contributed by atoms with Crippen molar-refractivity contribution in [2.75, 3.05) is 13.6 Å². The van der Waals surface area contributed by atoms with E-state index in [-0.39, 0.29) is 29.8 Å². The Labute approximate surface area is 153 Å². The SMILES string of the molecule is CN=C(NCCc1ccc(F)cc1)NCc1cc(C)oc1C.I. The topological polar surface area (TPSA) is 49.6 Å². The summed E-state index contributed by atoms with van der Waals surface area (Å²) in [6.07, 6.45) is 0.810. The summed E-state index contributed by atoms with van der Waals surface area (Å²) in [5, 5.41) is 6.50. The van der Waals surface area contributed by atoms with Crippen LogP contribution in [0.1, 0.15) is 22.6 Å². The van der Waals surface area contributed by atoms with Gasteiger partial charge in [-0.1, -0.05) is 12.1 Å². The highest BCUT2D eigenvalue weighted by atomic mass is 127. The van der Waals surface area contributed by atoms with Gasteiger partial charge in [-0.15, -0.1) is 24.0 Å². The molecule has 6 heteroatoms. The van der Waals surface area contributed by atoms with Crippen LogP contribution in [0.15, 0.2) is 39.7 Å². The first-order chi connectivity index (χ1) is 10.6. The van der Waals surface area contributed by atoms with E-state index in [4.69, 9.17) is 4.42 Å². The van der Waals surface area contributed by atoms with Gasteiger partial charge in [0.15, 0.2) is 5.96 Å². The van der Waals surface area contributed by atoms with Crippen molar-refractivity contribution in [2.24, 2.45) is 4.99 Å². The standard InChI is InChI=1S/C17H22FN3O.HI/c1-12-10-15(13(2)22-12)11-21-17(19-3)20-9-8-14-4-6-16(18)7-5-14;/h4-7,10H,8-9,11H2,1-3H3,(H2,19,20,21);1H. The smallest absolute Gasteiger partial charge is 0.191 e. The van der Waals surface area contributed by atoms with Crippen LogP contribution in [0.4, 0.5) is 4.39 Å². The van der Waals surface area contributed by atoms with Gasteiger partial charge in [0.05, 0.1) is 0 Å². The molecule has 23 heavy (non-hydrogen) atoms. The summed E-state index contributed by atoms with van der Waals surface area (Å²) in [5.41, 5.74) is 2.21. The summed E-state index contributed by atoms with van der Waals surface area (Å²) in [7, 11) is 1.74. The Balaban J connectivity index is 0.00000264. The molecule has 4 nitrogen and oxygen atoms in total. The van der Waals surface area contributed by atoms with Crippen molar-refractivity contribution in [2.45, 2.75) is 26.8 Å². The van der Waals surface area contributed by atoms with E-state index in [9.17, 15) is 4.39 Å². The molecule has 2 rings (SSSR count). The molecule has 1 aromatic carbocycles. The Morgan fingerprint density at radius 2 is 1.87 bits per heavy atom. The Kier molecular flexibility index (Phi) is 8.08. The van der Waals surface area contributed by atoms with E-state index in [1.165, 1.54) is 12.1 Å². The fraction of sp³-hybridized carbons (Fsp3) is 0.353. The van der Waals surface area contributed by atoms with Crippen LogP contribution >= 0.6 is 24.0 Å². The predicted octanol–water partition coefficient (Wildman–Crippen LogP) is 3.56. The van der Waals surface area contributed by atoms with Crippen molar-refractivity contribution < 1.29 is 8.81 Å². The van der Waals surface area contributed by atoms with Gasteiger partial charge in [-0.05, 0) is 44.0 Å². The first kappa shape index (κ1) is 19.5. The largest absolute Gasteiger partial charge is 0.466 e. The number of furan rings is 1. The molecule has 0 aliphatic carbocycles. The van der Waals surface area contributed by atoms with E-state index in [1.807, 2.05) is 19.9 Å². The molecule has 1 heterocycles. The van der Waals surface area contributed by atoms with Crippen LogP contribution in [0, 0.1) is 19.7 Å². The maximum absolute atomic E-state index is 12.8. The summed E-state index contributed by atoms with van der Waals surface area (Å²) < 4.78 is 18.3. The minimum atomic E-state index is -0.208. The number of aliphatic imine (C=N–C) groups is 1. The number of halogens is 2. The third kappa shape index (κ3) is 6.21. The van der Waals surface area contributed by atoms with Crippen LogP contribution in [-0.2, 0) is 13.0 Å². The highest BCUT2D eigenvalue weighted by Gasteiger charge is 2.05.